The molecule has 2 aliphatic rings. The molecule has 1 aliphatic carbocycles. The molecule has 2 fully saturated rings. The lowest BCUT2D eigenvalue weighted by molar-refractivity contribution is -0.121. The lowest BCUT2D eigenvalue weighted by atomic mass is 9.96. The Balaban J connectivity index is 1.51. The summed E-state index contributed by atoms with van der Waals surface area (Å²) in [6, 6.07) is 5.85. The lowest BCUT2D eigenvalue weighted by Gasteiger charge is -2.31. The average molecular weight is 336 g/mol. The Morgan fingerprint density at radius 2 is 1.87 bits per heavy atom. The Morgan fingerprint density at radius 3 is 2.52 bits per heavy atom. The first-order valence-electron chi connectivity index (χ1n) is 8.15. The summed E-state index contributed by atoms with van der Waals surface area (Å²) in [5.74, 6) is -0.0454. The van der Waals surface area contributed by atoms with Gasteiger partial charge in [0.05, 0.1) is 0 Å². The van der Waals surface area contributed by atoms with E-state index in [1.54, 1.807) is 6.07 Å². The van der Waals surface area contributed by atoms with E-state index in [0.717, 1.165) is 24.1 Å². The Morgan fingerprint density at radius 1 is 1.17 bits per heavy atom. The molecule has 1 aliphatic heterocycles. The molecule has 0 unspecified atom stereocenters. The predicted octanol–water partition coefficient (Wildman–Crippen LogP) is 3.17. The molecule has 1 heterocycles. The first kappa shape index (κ1) is 16.1. The second kappa shape index (κ2) is 6.79. The number of carbonyl (C=O) groups is 2. The van der Waals surface area contributed by atoms with Gasteiger partial charge in [0.15, 0.2) is 0 Å². The van der Waals surface area contributed by atoms with Crippen LogP contribution in [-0.2, 0) is 4.79 Å². The summed E-state index contributed by atoms with van der Waals surface area (Å²) in [6.45, 7) is 3.20. The quantitative estimate of drug-likeness (QED) is 0.891. The van der Waals surface area contributed by atoms with Crippen molar-refractivity contribution < 1.29 is 9.59 Å². The second-order valence-corrected chi connectivity index (χ2v) is 6.87. The van der Waals surface area contributed by atoms with E-state index >= 15 is 0 Å². The lowest BCUT2D eigenvalue weighted by Crippen LogP contribution is -2.46. The molecule has 0 aromatic heterocycles. The summed E-state index contributed by atoms with van der Waals surface area (Å²) in [5.41, 5.74) is 1.75. The van der Waals surface area contributed by atoms with Crippen LogP contribution in [0.2, 0.25) is 5.02 Å². The normalized spacial score (nSPS) is 18.6. The number of nitrogens with one attached hydrogen (secondary N) is 2. The van der Waals surface area contributed by atoms with Gasteiger partial charge in [0.1, 0.15) is 0 Å². The van der Waals surface area contributed by atoms with E-state index < -0.39 is 0 Å². The van der Waals surface area contributed by atoms with Gasteiger partial charge in [-0.3, -0.25) is 4.79 Å². The highest BCUT2D eigenvalue weighted by Crippen LogP contribution is 2.24. The third-order valence-corrected chi connectivity index (χ3v) is 4.75. The fourth-order valence-corrected chi connectivity index (χ4v) is 2.97. The largest absolute Gasteiger partial charge is 0.335 e. The Bertz CT molecular complexity index is 608. The Labute approximate surface area is 141 Å². The molecule has 1 aromatic rings. The molecule has 0 spiro atoms. The number of carbonyl (C=O) groups excluding carboxylic acids is 2. The molecule has 3 rings (SSSR count). The number of rotatable bonds is 3. The van der Waals surface area contributed by atoms with Gasteiger partial charge in [0.25, 0.3) is 0 Å². The van der Waals surface area contributed by atoms with Crippen molar-refractivity contribution >= 4 is 29.2 Å². The van der Waals surface area contributed by atoms with Crippen LogP contribution in [0.1, 0.15) is 31.2 Å². The molecule has 1 saturated carbocycles. The number of nitrogens with zero attached hydrogens (tertiary/aromatic N) is 1. The highest BCUT2D eigenvalue weighted by Gasteiger charge is 2.30. The number of anilines is 1. The molecular formula is C17H22ClN3O2. The molecule has 124 valence electrons. The fraction of sp³-hybridized carbons (Fsp3) is 0.529. The van der Waals surface area contributed by atoms with Crippen molar-refractivity contribution in [2.24, 2.45) is 5.92 Å². The van der Waals surface area contributed by atoms with Crippen molar-refractivity contribution in [1.29, 1.82) is 0 Å². The summed E-state index contributed by atoms with van der Waals surface area (Å²) in [6.07, 6.45) is 3.57. The van der Waals surface area contributed by atoms with E-state index in [4.69, 9.17) is 11.6 Å². The van der Waals surface area contributed by atoms with E-state index in [1.165, 1.54) is 0 Å². The van der Waals surface area contributed by atoms with Crippen LogP contribution < -0.4 is 10.6 Å². The smallest absolute Gasteiger partial charge is 0.317 e. The number of hydrogen-bond acceptors (Lipinski definition) is 2. The number of urea groups is 1. The maximum atomic E-state index is 12.4. The number of likely N-dealkylation sites (tertiary alicyclic amines) is 1. The minimum Gasteiger partial charge on any atom is -0.335 e. The third-order valence-electron chi connectivity index (χ3n) is 4.52. The molecule has 6 heteroatoms. The van der Waals surface area contributed by atoms with Gasteiger partial charge in [-0.15, -0.1) is 0 Å². The second-order valence-electron chi connectivity index (χ2n) is 6.43. The zero-order valence-corrected chi connectivity index (χ0v) is 14.0. The summed E-state index contributed by atoms with van der Waals surface area (Å²) >= 11 is 5.98. The summed E-state index contributed by atoms with van der Waals surface area (Å²) in [4.78, 5) is 26.2. The van der Waals surface area contributed by atoms with E-state index in [2.05, 4.69) is 10.6 Å². The molecule has 2 N–H and O–H groups in total. The average Bonchev–Trinajstić information content (AvgIpc) is 3.35. The monoisotopic (exact) mass is 335 g/mol. The minimum atomic E-state index is -0.0571. The highest BCUT2D eigenvalue weighted by atomic mass is 35.5. The number of piperidine rings is 1. The van der Waals surface area contributed by atoms with Crippen LogP contribution in [0.5, 0.6) is 0 Å². The van der Waals surface area contributed by atoms with E-state index in [1.807, 2.05) is 24.0 Å². The van der Waals surface area contributed by atoms with Crippen LogP contribution in [0, 0.1) is 12.8 Å². The standard InChI is InChI=1S/C17H22ClN3O2/c1-11-2-3-13(18)10-15(11)20-16(22)12-6-8-21(9-7-12)17(23)19-14-4-5-14/h2-3,10,12,14H,4-9H2,1H3,(H,19,23)(H,20,22). The summed E-state index contributed by atoms with van der Waals surface area (Å²) < 4.78 is 0. The Hall–Kier alpha value is -1.75. The van der Waals surface area contributed by atoms with E-state index in [-0.39, 0.29) is 17.9 Å². The van der Waals surface area contributed by atoms with Crippen molar-refractivity contribution in [3.8, 4) is 0 Å². The molecule has 0 radical (unpaired) electrons. The van der Waals surface area contributed by atoms with Gasteiger partial charge in [-0.1, -0.05) is 17.7 Å². The topological polar surface area (TPSA) is 61.4 Å². The van der Waals surface area contributed by atoms with Gasteiger partial charge in [0.2, 0.25) is 5.91 Å². The molecule has 23 heavy (non-hydrogen) atoms. The molecule has 1 aromatic carbocycles. The minimum absolute atomic E-state index is 0.0112. The van der Waals surface area contributed by atoms with Crippen molar-refractivity contribution in [3.63, 3.8) is 0 Å². The van der Waals surface area contributed by atoms with Gasteiger partial charge >= 0.3 is 6.03 Å². The van der Waals surface area contributed by atoms with Crippen molar-refractivity contribution in [2.75, 3.05) is 18.4 Å². The maximum absolute atomic E-state index is 12.4. The summed E-state index contributed by atoms with van der Waals surface area (Å²) in [5, 5.41) is 6.57. The SMILES string of the molecule is Cc1ccc(Cl)cc1NC(=O)C1CCN(C(=O)NC2CC2)CC1. The zero-order chi connectivity index (χ0) is 16.4. The number of aryl methyl sites for hydroxylation is 1. The maximum Gasteiger partial charge on any atom is 0.317 e. The van der Waals surface area contributed by atoms with Crippen LogP contribution in [-0.4, -0.2) is 36.0 Å². The van der Waals surface area contributed by atoms with Crippen LogP contribution in [0.4, 0.5) is 10.5 Å². The first-order valence-corrected chi connectivity index (χ1v) is 8.53. The number of amides is 3. The molecular weight excluding hydrogens is 314 g/mol. The highest BCUT2D eigenvalue weighted by molar-refractivity contribution is 6.31. The number of halogens is 1. The van der Waals surface area contributed by atoms with Crippen molar-refractivity contribution in [2.45, 2.75) is 38.6 Å². The first-order chi connectivity index (χ1) is 11.0. The van der Waals surface area contributed by atoms with Crippen LogP contribution >= 0.6 is 11.6 Å². The van der Waals surface area contributed by atoms with Crippen molar-refractivity contribution in [1.82, 2.24) is 10.2 Å². The van der Waals surface area contributed by atoms with Crippen LogP contribution in [0.25, 0.3) is 0 Å². The van der Waals surface area contributed by atoms with Crippen LogP contribution in [0.3, 0.4) is 0 Å². The molecule has 0 atom stereocenters. The van der Waals surface area contributed by atoms with Crippen molar-refractivity contribution in [3.05, 3.63) is 28.8 Å². The zero-order valence-electron chi connectivity index (χ0n) is 13.3. The Kier molecular flexibility index (Phi) is 4.76. The van der Waals surface area contributed by atoms with E-state index in [0.29, 0.717) is 37.0 Å². The van der Waals surface area contributed by atoms with Gasteiger partial charge in [-0.2, -0.15) is 0 Å². The molecule has 0 bridgehead atoms. The summed E-state index contributed by atoms with van der Waals surface area (Å²) in [7, 11) is 0. The molecule has 1 saturated heterocycles. The molecule has 5 nitrogen and oxygen atoms in total. The van der Waals surface area contributed by atoms with Gasteiger partial charge in [0, 0.05) is 35.8 Å². The van der Waals surface area contributed by atoms with E-state index in [9.17, 15) is 9.59 Å². The van der Waals surface area contributed by atoms with Gasteiger partial charge < -0.3 is 15.5 Å². The van der Waals surface area contributed by atoms with Crippen LogP contribution in [0.15, 0.2) is 18.2 Å². The number of hydrogen-bond donors (Lipinski definition) is 2. The van der Waals surface area contributed by atoms with Gasteiger partial charge in [-0.05, 0) is 50.3 Å². The fourth-order valence-electron chi connectivity index (χ4n) is 2.80. The number of benzene rings is 1. The van der Waals surface area contributed by atoms with Gasteiger partial charge in [-0.25, -0.2) is 4.79 Å². The predicted molar refractivity (Wildman–Crippen MR) is 90.7 cm³/mol. The third kappa shape index (κ3) is 4.16. The molecule has 3 amide bonds.